The number of furan rings is 1. The van der Waals surface area contributed by atoms with Gasteiger partial charge in [-0.15, -0.1) is 11.3 Å². The third-order valence-electron chi connectivity index (χ3n) is 25.0. The number of benzene rings is 20. The Morgan fingerprint density at radius 3 is 1.10 bits per heavy atom. The maximum absolute atomic E-state index is 6.34. The van der Waals surface area contributed by atoms with E-state index in [0.717, 1.165) is 157 Å². The van der Waals surface area contributed by atoms with Crippen LogP contribution in [0, 0.1) is 0 Å². The lowest BCUT2D eigenvalue weighted by Crippen LogP contribution is -2.11. The number of aromatic nitrogens is 6. The van der Waals surface area contributed by atoms with Gasteiger partial charge in [-0.2, -0.15) is 0 Å². The number of nitrogens with zero attached hydrogens (tertiary/aromatic N) is 8. The van der Waals surface area contributed by atoms with Gasteiger partial charge >= 0.3 is 0 Å². The highest BCUT2D eigenvalue weighted by Crippen LogP contribution is 2.53. The van der Waals surface area contributed by atoms with Crippen molar-refractivity contribution in [2.75, 3.05) is 9.80 Å². The molecule has 0 amide bonds. The molecule has 0 aliphatic rings. The van der Waals surface area contributed by atoms with Crippen molar-refractivity contribution in [2.24, 2.45) is 0 Å². The molecule has 0 N–H and O–H groups in total. The topological polar surface area (TPSA) is 81.0 Å². The Morgan fingerprint density at radius 1 is 0.222 bits per heavy atom. The SMILES string of the molecule is c1ccc(N(c2ccc3ccccc3c2)c2c3ccccc3cc3c2c2ccccc2n3-c2ccc(-c3nc4ccccc4nc3-c3cccc4oc5ccccc5c34)cc2)cc1.c1ccc(N(c2ccc3ccccc3c2)c2c3ccccc3cc3c2c2ccccc2n3-c2ccc(-c3nc4ccccc4nc3-c3cccc4sc5ccccc5c34)cc2)cc1. The van der Waals surface area contributed by atoms with Gasteiger partial charge in [-0.05, 0) is 178 Å². The Labute approximate surface area is 727 Å². The predicted molar refractivity (Wildman–Crippen MR) is 529 cm³/mol. The first-order valence-corrected chi connectivity index (χ1v) is 43.5. The molecular formula is C116H72N8OS. The summed E-state index contributed by atoms with van der Waals surface area (Å²) in [6.07, 6.45) is 0. The van der Waals surface area contributed by atoms with Gasteiger partial charge in [0.05, 0.1) is 78.3 Å². The van der Waals surface area contributed by atoms with Crippen LogP contribution in [-0.4, -0.2) is 29.1 Å². The smallest absolute Gasteiger partial charge is 0.136 e. The zero-order valence-electron chi connectivity index (χ0n) is 68.0. The van der Waals surface area contributed by atoms with Crippen molar-refractivity contribution < 1.29 is 4.42 Å². The molecule has 0 atom stereocenters. The number of hydrogen-bond donors (Lipinski definition) is 0. The van der Waals surface area contributed by atoms with Crippen molar-refractivity contribution in [3.63, 3.8) is 0 Å². The predicted octanol–water partition coefficient (Wildman–Crippen LogP) is 31.9. The summed E-state index contributed by atoms with van der Waals surface area (Å²) < 4.78 is 13.7. The van der Waals surface area contributed by atoms with Crippen LogP contribution in [0.4, 0.5) is 34.1 Å². The minimum Gasteiger partial charge on any atom is -0.456 e. The highest BCUT2D eigenvalue weighted by atomic mass is 32.1. The third kappa shape index (κ3) is 11.9. The van der Waals surface area contributed by atoms with Gasteiger partial charge in [0.25, 0.3) is 0 Å². The molecule has 0 unspecified atom stereocenters. The summed E-state index contributed by atoms with van der Waals surface area (Å²) in [4.78, 5) is 26.3. The number of para-hydroxylation sites is 9. The van der Waals surface area contributed by atoms with Crippen LogP contribution in [0.1, 0.15) is 0 Å². The van der Waals surface area contributed by atoms with Crippen LogP contribution in [0.5, 0.6) is 0 Å². The summed E-state index contributed by atoms with van der Waals surface area (Å²) in [5.41, 5.74) is 26.0. The number of rotatable bonds is 12. The molecule has 6 heterocycles. The van der Waals surface area contributed by atoms with Crippen LogP contribution in [-0.2, 0) is 0 Å². The first-order valence-electron chi connectivity index (χ1n) is 42.6. The van der Waals surface area contributed by atoms with Gasteiger partial charge in [0.15, 0.2) is 0 Å². The summed E-state index contributed by atoms with van der Waals surface area (Å²) >= 11 is 1.82. The lowest BCUT2D eigenvalue weighted by Gasteiger charge is -2.28. The van der Waals surface area contributed by atoms with Gasteiger partial charge in [-0.1, -0.05) is 291 Å². The summed E-state index contributed by atoms with van der Waals surface area (Å²) in [5.74, 6) is 0. The average Bonchev–Trinajstić information content (AvgIpc) is 1.54. The van der Waals surface area contributed by atoms with E-state index in [1.165, 1.54) is 84.8 Å². The summed E-state index contributed by atoms with van der Waals surface area (Å²) in [6, 6.07) is 156. The van der Waals surface area contributed by atoms with Crippen LogP contribution < -0.4 is 9.80 Å². The van der Waals surface area contributed by atoms with Crippen molar-refractivity contribution in [3.8, 4) is 56.4 Å². The number of hydrogen-bond acceptors (Lipinski definition) is 8. The molecule has 6 aromatic heterocycles. The molecule has 0 aliphatic heterocycles. The first kappa shape index (κ1) is 72.2. The third-order valence-corrected chi connectivity index (χ3v) is 26.2. The van der Waals surface area contributed by atoms with Gasteiger partial charge < -0.3 is 23.4 Å². The molecule has 0 spiro atoms. The van der Waals surface area contributed by atoms with Crippen molar-refractivity contribution in [1.29, 1.82) is 0 Å². The van der Waals surface area contributed by atoms with E-state index in [4.69, 9.17) is 24.4 Å². The van der Waals surface area contributed by atoms with E-state index in [1.54, 1.807) is 0 Å². The highest BCUT2D eigenvalue weighted by molar-refractivity contribution is 7.26. The fraction of sp³-hybridized carbons (Fsp3) is 0. The number of fused-ring (bicyclic) bond motifs is 18. The van der Waals surface area contributed by atoms with Crippen molar-refractivity contribution in [2.45, 2.75) is 0 Å². The molecule has 0 aliphatic carbocycles. The number of thiophene rings is 1. The quantitative estimate of drug-likeness (QED) is 0.121. The lowest BCUT2D eigenvalue weighted by atomic mass is 9.98. The normalized spacial score (nSPS) is 11.8. The Balaban J connectivity index is 0.000000137. The average molecular weight is 1630 g/mol. The standard InChI is InChI=1S/C58H36N4O.C58H36N4S/c2*1-2-18-41(19-3-1)61(43-34-29-37-15-4-5-16-39(37)35-43)58-44-20-7-6-17-40(44)36-51-55(58)45-21-8-12-26-50(45)62(51)42-32-30-38(31-33-42)56-57(60-49-25-11-10-24-48(49)59-56)47-23-14-28-53-54(47)46-22-9-13-27-52(46)63-53/h2*1-36H. The van der Waals surface area contributed by atoms with Gasteiger partial charge in [0, 0.05) is 120 Å². The van der Waals surface area contributed by atoms with Gasteiger partial charge in [0.2, 0.25) is 0 Å². The van der Waals surface area contributed by atoms with Crippen LogP contribution in [0.2, 0.25) is 0 Å². The first-order chi connectivity index (χ1) is 62.5. The van der Waals surface area contributed by atoms with E-state index < -0.39 is 0 Å². The second-order valence-corrected chi connectivity index (χ2v) is 33.3. The van der Waals surface area contributed by atoms with E-state index in [0.29, 0.717) is 0 Å². The van der Waals surface area contributed by atoms with Gasteiger partial charge in [0.1, 0.15) is 11.2 Å². The Morgan fingerprint density at radius 2 is 0.595 bits per heavy atom. The second kappa shape index (κ2) is 29.6. The van der Waals surface area contributed by atoms with E-state index in [-0.39, 0.29) is 0 Å². The largest absolute Gasteiger partial charge is 0.456 e. The maximum atomic E-state index is 6.34. The molecule has 0 fully saturated rings. The van der Waals surface area contributed by atoms with Gasteiger partial charge in [-0.3, -0.25) is 0 Å². The van der Waals surface area contributed by atoms with E-state index in [9.17, 15) is 0 Å². The molecule has 9 nitrogen and oxygen atoms in total. The minimum absolute atomic E-state index is 0.821. The molecule has 26 rings (SSSR count). The molecule has 26 aromatic rings. The fourth-order valence-corrected chi connectivity index (χ4v) is 20.5. The molecule has 20 aromatic carbocycles. The Bertz CT molecular complexity index is 8360. The van der Waals surface area contributed by atoms with E-state index in [1.807, 2.05) is 72.0 Å². The number of anilines is 6. The molecule has 0 saturated heterocycles. The minimum atomic E-state index is 0.821. The summed E-state index contributed by atoms with van der Waals surface area (Å²) in [5, 5.41) is 18.9. The molecule has 0 bridgehead atoms. The lowest BCUT2D eigenvalue weighted by molar-refractivity contribution is 0.669. The van der Waals surface area contributed by atoms with Crippen molar-refractivity contribution >= 4 is 196 Å². The molecule has 588 valence electrons. The molecule has 10 heteroatoms. The van der Waals surface area contributed by atoms with Gasteiger partial charge in [-0.25, -0.2) is 19.9 Å². The fourth-order valence-electron chi connectivity index (χ4n) is 19.4. The monoisotopic (exact) mass is 1620 g/mol. The highest BCUT2D eigenvalue weighted by Gasteiger charge is 2.29. The molecule has 0 saturated carbocycles. The molecule has 0 radical (unpaired) electrons. The van der Waals surface area contributed by atoms with E-state index >= 15 is 0 Å². The maximum Gasteiger partial charge on any atom is 0.136 e. The summed E-state index contributed by atoms with van der Waals surface area (Å²) in [6.45, 7) is 0. The van der Waals surface area contributed by atoms with Crippen LogP contribution in [0.3, 0.4) is 0 Å². The second-order valence-electron chi connectivity index (χ2n) is 32.3. The van der Waals surface area contributed by atoms with Crippen molar-refractivity contribution in [1.82, 2.24) is 29.1 Å². The van der Waals surface area contributed by atoms with Crippen LogP contribution in [0.15, 0.2) is 441 Å². The van der Waals surface area contributed by atoms with Crippen LogP contribution in [0.25, 0.3) is 207 Å². The zero-order chi connectivity index (χ0) is 82.9. The van der Waals surface area contributed by atoms with Crippen LogP contribution >= 0.6 is 11.3 Å². The Hall–Kier alpha value is -16.7. The zero-order valence-corrected chi connectivity index (χ0v) is 68.8. The van der Waals surface area contributed by atoms with Crippen molar-refractivity contribution in [3.05, 3.63) is 437 Å². The molecular weight excluding hydrogens is 1550 g/mol. The Kier molecular flexibility index (Phi) is 17.0. The van der Waals surface area contributed by atoms with E-state index in [2.05, 4.69) is 395 Å². The summed E-state index contributed by atoms with van der Waals surface area (Å²) in [7, 11) is 0. The molecule has 126 heavy (non-hydrogen) atoms.